The number of hydrogen-bond donors (Lipinski definition) is 2. The van der Waals surface area contributed by atoms with E-state index in [-0.39, 0.29) is 18.5 Å². The first-order chi connectivity index (χ1) is 9.10. The number of aryl methyl sites for hydroxylation is 2. The highest BCUT2D eigenvalue weighted by atomic mass is 16.2. The highest BCUT2D eigenvalue weighted by Crippen LogP contribution is 2.12. The van der Waals surface area contributed by atoms with Gasteiger partial charge in [0.05, 0.1) is 6.04 Å². The molecule has 0 saturated heterocycles. The second kappa shape index (κ2) is 5.69. The van der Waals surface area contributed by atoms with Crippen LogP contribution in [0.1, 0.15) is 36.7 Å². The zero-order valence-corrected chi connectivity index (χ0v) is 11.5. The van der Waals surface area contributed by atoms with Gasteiger partial charge in [-0.3, -0.25) is 4.79 Å². The van der Waals surface area contributed by atoms with Crippen molar-refractivity contribution in [1.82, 2.24) is 24.8 Å². The number of aromatic nitrogens is 4. The van der Waals surface area contributed by atoms with Gasteiger partial charge in [-0.2, -0.15) is 0 Å². The van der Waals surface area contributed by atoms with Gasteiger partial charge in [0.1, 0.15) is 18.2 Å². The van der Waals surface area contributed by atoms with Gasteiger partial charge in [0, 0.05) is 24.3 Å². The van der Waals surface area contributed by atoms with Crippen LogP contribution in [-0.2, 0) is 11.3 Å². The molecule has 0 aromatic carbocycles. The first kappa shape index (κ1) is 13.3. The van der Waals surface area contributed by atoms with Crippen LogP contribution in [0.2, 0.25) is 0 Å². The molecule has 6 heteroatoms. The monoisotopic (exact) mass is 261 g/mol. The summed E-state index contributed by atoms with van der Waals surface area (Å²) in [6.07, 6.45) is 6.05. The second-order valence-corrected chi connectivity index (χ2v) is 4.58. The summed E-state index contributed by atoms with van der Waals surface area (Å²) in [6, 6.07) is -0.0787. The summed E-state index contributed by atoms with van der Waals surface area (Å²) in [5.74, 6) is 1.59. The summed E-state index contributed by atoms with van der Waals surface area (Å²) in [5, 5.41) is 2.98. The van der Waals surface area contributed by atoms with Crippen LogP contribution in [0.5, 0.6) is 0 Å². The van der Waals surface area contributed by atoms with Gasteiger partial charge in [0.2, 0.25) is 5.91 Å². The fraction of sp³-hybridized carbons (Fsp3) is 0.462. The van der Waals surface area contributed by atoms with Crippen molar-refractivity contribution in [2.75, 3.05) is 0 Å². The number of rotatable bonds is 5. The van der Waals surface area contributed by atoms with Crippen LogP contribution in [0.15, 0.2) is 18.6 Å². The van der Waals surface area contributed by atoms with Crippen LogP contribution in [0.3, 0.4) is 0 Å². The minimum absolute atomic E-state index is 0.0398. The van der Waals surface area contributed by atoms with E-state index < -0.39 is 0 Å². The van der Waals surface area contributed by atoms with Crippen molar-refractivity contribution >= 4 is 5.91 Å². The first-order valence-electron chi connectivity index (χ1n) is 6.38. The van der Waals surface area contributed by atoms with Crippen LogP contribution >= 0.6 is 0 Å². The molecule has 0 aliphatic carbocycles. The number of nitrogens with one attached hydrogen (secondary N) is 2. The molecule has 0 unspecified atom stereocenters. The van der Waals surface area contributed by atoms with E-state index >= 15 is 0 Å². The molecule has 0 bridgehead atoms. The number of aromatic amines is 1. The highest BCUT2D eigenvalue weighted by molar-refractivity contribution is 5.76. The molecule has 102 valence electrons. The van der Waals surface area contributed by atoms with Gasteiger partial charge in [-0.1, -0.05) is 6.92 Å². The van der Waals surface area contributed by atoms with Crippen molar-refractivity contribution in [3.63, 3.8) is 0 Å². The molecule has 2 aromatic heterocycles. The quantitative estimate of drug-likeness (QED) is 0.856. The lowest BCUT2D eigenvalue weighted by Crippen LogP contribution is -2.32. The molecular formula is C13H19N5O. The molecule has 19 heavy (non-hydrogen) atoms. The Bertz CT molecular complexity index is 557. The van der Waals surface area contributed by atoms with Gasteiger partial charge in [-0.15, -0.1) is 0 Å². The molecule has 0 aliphatic rings. The minimum atomic E-state index is -0.0787. The molecule has 0 spiro atoms. The van der Waals surface area contributed by atoms with E-state index in [0.29, 0.717) is 0 Å². The van der Waals surface area contributed by atoms with E-state index in [1.54, 1.807) is 18.6 Å². The summed E-state index contributed by atoms with van der Waals surface area (Å²) < 4.78 is 1.81. The summed E-state index contributed by atoms with van der Waals surface area (Å²) in [4.78, 5) is 23.5. The third-order valence-electron chi connectivity index (χ3n) is 3.03. The third-order valence-corrected chi connectivity index (χ3v) is 3.03. The molecule has 2 aromatic rings. The number of amides is 1. The number of H-pyrrole nitrogens is 1. The van der Waals surface area contributed by atoms with Crippen LogP contribution in [-0.4, -0.2) is 25.4 Å². The zero-order valence-electron chi connectivity index (χ0n) is 11.5. The van der Waals surface area contributed by atoms with Crippen molar-refractivity contribution in [2.24, 2.45) is 0 Å². The van der Waals surface area contributed by atoms with E-state index in [1.807, 2.05) is 25.3 Å². The highest BCUT2D eigenvalue weighted by Gasteiger charge is 2.15. The van der Waals surface area contributed by atoms with Gasteiger partial charge in [0.25, 0.3) is 0 Å². The normalized spacial score (nSPS) is 12.4. The summed E-state index contributed by atoms with van der Waals surface area (Å²) in [7, 11) is 0. The summed E-state index contributed by atoms with van der Waals surface area (Å²) in [6.45, 7) is 6.12. The Kier molecular flexibility index (Phi) is 3.99. The molecule has 1 amide bonds. The number of imidazole rings is 2. The van der Waals surface area contributed by atoms with Gasteiger partial charge in [-0.05, 0) is 20.3 Å². The van der Waals surface area contributed by atoms with Gasteiger partial charge in [-0.25, -0.2) is 9.97 Å². The summed E-state index contributed by atoms with van der Waals surface area (Å²) >= 11 is 0. The van der Waals surface area contributed by atoms with E-state index in [2.05, 4.69) is 20.3 Å². The summed E-state index contributed by atoms with van der Waals surface area (Å²) in [5.41, 5.74) is 0.994. The molecular weight excluding hydrogens is 242 g/mol. The van der Waals surface area contributed by atoms with Gasteiger partial charge in [0.15, 0.2) is 0 Å². The number of nitrogens with zero attached hydrogens (tertiary/aromatic N) is 3. The van der Waals surface area contributed by atoms with Gasteiger partial charge < -0.3 is 14.9 Å². The molecule has 2 rings (SSSR count). The average molecular weight is 261 g/mol. The zero-order chi connectivity index (χ0) is 13.8. The fourth-order valence-corrected chi connectivity index (χ4v) is 1.94. The van der Waals surface area contributed by atoms with E-state index in [1.165, 1.54) is 0 Å². The maximum absolute atomic E-state index is 12.0. The van der Waals surface area contributed by atoms with Crippen molar-refractivity contribution in [3.05, 3.63) is 35.9 Å². The molecule has 6 nitrogen and oxygen atoms in total. The molecule has 2 heterocycles. The Morgan fingerprint density at radius 1 is 1.47 bits per heavy atom. The predicted molar refractivity (Wildman–Crippen MR) is 71.5 cm³/mol. The van der Waals surface area contributed by atoms with Crippen molar-refractivity contribution in [1.29, 1.82) is 0 Å². The molecule has 0 radical (unpaired) electrons. The van der Waals surface area contributed by atoms with E-state index in [9.17, 15) is 4.79 Å². The smallest absolute Gasteiger partial charge is 0.240 e. The maximum Gasteiger partial charge on any atom is 0.240 e. The Morgan fingerprint density at radius 3 is 2.79 bits per heavy atom. The van der Waals surface area contributed by atoms with Crippen LogP contribution < -0.4 is 5.32 Å². The van der Waals surface area contributed by atoms with Crippen molar-refractivity contribution < 1.29 is 4.79 Å². The Labute approximate surface area is 112 Å². The van der Waals surface area contributed by atoms with Crippen molar-refractivity contribution in [2.45, 2.75) is 39.8 Å². The number of carbonyl (C=O) groups excluding carboxylic acids is 1. The molecule has 0 fully saturated rings. The third kappa shape index (κ3) is 3.21. The number of hydrogen-bond acceptors (Lipinski definition) is 3. The second-order valence-electron chi connectivity index (χ2n) is 4.58. The topological polar surface area (TPSA) is 75.6 Å². The van der Waals surface area contributed by atoms with Crippen LogP contribution in [0.25, 0.3) is 0 Å². The Balaban J connectivity index is 1.99. The van der Waals surface area contributed by atoms with Crippen LogP contribution in [0, 0.1) is 13.8 Å². The predicted octanol–water partition coefficient (Wildman–Crippen LogP) is 1.49. The van der Waals surface area contributed by atoms with Crippen molar-refractivity contribution in [3.8, 4) is 0 Å². The average Bonchev–Trinajstić information content (AvgIpc) is 2.96. The van der Waals surface area contributed by atoms with E-state index in [4.69, 9.17) is 0 Å². The largest absolute Gasteiger partial charge is 0.345 e. The molecule has 0 saturated carbocycles. The lowest BCUT2D eigenvalue weighted by Gasteiger charge is -2.15. The SMILES string of the molecule is CC[C@@H](NC(=O)Cn1ccnc1C)c1ncc(C)[nH]1. The van der Waals surface area contributed by atoms with Gasteiger partial charge >= 0.3 is 0 Å². The first-order valence-corrected chi connectivity index (χ1v) is 6.38. The fourth-order valence-electron chi connectivity index (χ4n) is 1.94. The maximum atomic E-state index is 12.0. The Morgan fingerprint density at radius 2 is 2.26 bits per heavy atom. The molecule has 0 aliphatic heterocycles. The lowest BCUT2D eigenvalue weighted by atomic mass is 10.2. The Hall–Kier alpha value is -2.11. The molecule has 2 N–H and O–H groups in total. The minimum Gasteiger partial charge on any atom is -0.345 e. The number of carbonyl (C=O) groups is 1. The lowest BCUT2D eigenvalue weighted by molar-refractivity contribution is -0.122. The van der Waals surface area contributed by atoms with Crippen LogP contribution in [0.4, 0.5) is 0 Å². The van der Waals surface area contributed by atoms with E-state index in [0.717, 1.165) is 23.8 Å². The molecule has 1 atom stereocenters. The standard InChI is InChI=1S/C13H19N5O/c1-4-11(13-15-7-9(2)16-13)17-12(19)8-18-6-5-14-10(18)3/h5-7,11H,4,8H2,1-3H3,(H,15,16)(H,17,19)/t11-/m1/s1.